The van der Waals surface area contributed by atoms with Gasteiger partial charge in [-0.3, -0.25) is 9.69 Å². The molecule has 1 aromatic heterocycles. The van der Waals surface area contributed by atoms with Gasteiger partial charge in [0.15, 0.2) is 5.69 Å². The molecular weight excluding hydrogens is 350 g/mol. The molecule has 1 atom stereocenters. The molecule has 2 aromatic rings. The van der Waals surface area contributed by atoms with Gasteiger partial charge >= 0.3 is 0 Å². The van der Waals surface area contributed by atoms with Crippen molar-refractivity contribution in [1.82, 2.24) is 14.8 Å². The molecule has 152 valence electrons. The summed E-state index contributed by atoms with van der Waals surface area (Å²) in [6.45, 7) is 11.9. The first kappa shape index (κ1) is 20.6. The molecule has 0 bridgehead atoms. The van der Waals surface area contributed by atoms with Gasteiger partial charge in [0.05, 0.1) is 6.54 Å². The van der Waals surface area contributed by atoms with Gasteiger partial charge in [-0.1, -0.05) is 43.7 Å². The van der Waals surface area contributed by atoms with Gasteiger partial charge in [0, 0.05) is 25.7 Å². The molecule has 0 saturated carbocycles. The molecule has 0 unspecified atom stereocenters. The molecule has 0 spiro atoms. The van der Waals surface area contributed by atoms with Gasteiger partial charge in [-0.25, -0.2) is 4.98 Å². The van der Waals surface area contributed by atoms with Crippen LogP contribution in [0.5, 0.6) is 0 Å². The summed E-state index contributed by atoms with van der Waals surface area (Å²) in [5, 5.41) is 0. The Kier molecular flexibility index (Phi) is 6.89. The van der Waals surface area contributed by atoms with E-state index in [4.69, 9.17) is 4.42 Å². The first-order valence-electron chi connectivity index (χ1n) is 10.5. The summed E-state index contributed by atoms with van der Waals surface area (Å²) in [5.74, 6) is 1.12. The average Bonchev–Trinajstić information content (AvgIpc) is 3.17. The Hall–Kier alpha value is -2.14. The highest BCUT2D eigenvalue weighted by Gasteiger charge is 2.24. The monoisotopic (exact) mass is 383 g/mol. The molecule has 1 aliphatic rings. The second-order valence-corrected chi connectivity index (χ2v) is 8.35. The number of aromatic nitrogens is 1. The molecule has 5 heteroatoms. The summed E-state index contributed by atoms with van der Waals surface area (Å²) in [5.41, 5.74) is 2.97. The van der Waals surface area contributed by atoms with Gasteiger partial charge in [0.25, 0.3) is 5.91 Å². The van der Waals surface area contributed by atoms with Crippen molar-refractivity contribution in [2.75, 3.05) is 13.1 Å². The summed E-state index contributed by atoms with van der Waals surface area (Å²) >= 11 is 0. The molecule has 1 saturated heterocycles. The topological polar surface area (TPSA) is 49.6 Å². The maximum Gasteiger partial charge on any atom is 0.275 e. The second-order valence-electron chi connectivity index (χ2n) is 8.35. The zero-order valence-electron chi connectivity index (χ0n) is 17.6. The van der Waals surface area contributed by atoms with E-state index in [0.29, 0.717) is 30.1 Å². The smallest absolute Gasteiger partial charge is 0.275 e. The number of nitrogens with zero attached hydrogens (tertiary/aromatic N) is 3. The van der Waals surface area contributed by atoms with Crippen molar-refractivity contribution in [2.24, 2.45) is 5.92 Å². The Morgan fingerprint density at radius 3 is 2.43 bits per heavy atom. The lowest BCUT2D eigenvalue weighted by Gasteiger charge is -2.30. The highest BCUT2D eigenvalue weighted by atomic mass is 16.3. The summed E-state index contributed by atoms with van der Waals surface area (Å²) in [6, 6.07) is 9.02. The third-order valence-electron chi connectivity index (χ3n) is 5.80. The Labute approximate surface area is 168 Å². The zero-order valence-corrected chi connectivity index (χ0v) is 17.6. The number of piperidine rings is 1. The molecule has 1 aromatic carbocycles. The molecule has 1 fully saturated rings. The first-order chi connectivity index (χ1) is 13.4. The van der Waals surface area contributed by atoms with Crippen LogP contribution in [-0.2, 0) is 13.1 Å². The van der Waals surface area contributed by atoms with Crippen LogP contribution in [-0.4, -0.2) is 39.8 Å². The molecule has 3 rings (SSSR count). The standard InChI is InChI=1S/C23H33N3O2/c1-17(2)19(4)26(14-20-10-8-18(3)9-11-20)15-22-24-21(16-28-22)23(27)25-12-6-5-7-13-25/h8-11,16-17,19H,5-7,12-15H2,1-4H3/t19-/m1/s1. The van der Waals surface area contributed by atoms with Crippen LogP contribution in [0, 0.1) is 12.8 Å². The predicted molar refractivity (Wildman–Crippen MR) is 111 cm³/mol. The number of amides is 1. The highest BCUT2D eigenvalue weighted by Crippen LogP contribution is 2.19. The maximum absolute atomic E-state index is 12.7. The number of benzene rings is 1. The highest BCUT2D eigenvalue weighted by molar-refractivity contribution is 5.92. The number of rotatable bonds is 7. The lowest BCUT2D eigenvalue weighted by atomic mass is 10.0. The van der Waals surface area contributed by atoms with E-state index < -0.39 is 0 Å². The average molecular weight is 384 g/mol. The predicted octanol–water partition coefficient (Wildman–Crippen LogP) is 4.66. The van der Waals surface area contributed by atoms with E-state index in [9.17, 15) is 4.79 Å². The van der Waals surface area contributed by atoms with Gasteiger partial charge in [0.2, 0.25) is 5.89 Å². The number of carbonyl (C=O) groups is 1. The van der Waals surface area contributed by atoms with Crippen LogP contribution in [0.1, 0.15) is 67.5 Å². The van der Waals surface area contributed by atoms with E-state index in [2.05, 4.69) is 61.8 Å². The van der Waals surface area contributed by atoms with Gasteiger partial charge in [-0.15, -0.1) is 0 Å². The quantitative estimate of drug-likeness (QED) is 0.698. The summed E-state index contributed by atoms with van der Waals surface area (Å²) < 4.78 is 5.69. The first-order valence-corrected chi connectivity index (χ1v) is 10.5. The third-order valence-corrected chi connectivity index (χ3v) is 5.80. The van der Waals surface area contributed by atoms with Crippen LogP contribution in [0.4, 0.5) is 0 Å². The number of carbonyl (C=O) groups excluding carboxylic acids is 1. The fourth-order valence-electron chi connectivity index (χ4n) is 3.61. The van der Waals surface area contributed by atoms with Crippen molar-refractivity contribution in [3.63, 3.8) is 0 Å². The number of oxazole rings is 1. The number of aryl methyl sites for hydroxylation is 1. The minimum absolute atomic E-state index is 0.00306. The lowest BCUT2D eigenvalue weighted by molar-refractivity contribution is 0.0718. The number of hydrogen-bond acceptors (Lipinski definition) is 4. The Bertz CT molecular complexity index is 760. The minimum atomic E-state index is -0.00306. The van der Waals surface area contributed by atoms with E-state index >= 15 is 0 Å². The van der Waals surface area contributed by atoms with Crippen molar-refractivity contribution in [1.29, 1.82) is 0 Å². The molecule has 0 aliphatic carbocycles. The minimum Gasteiger partial charge on any atom is -0.447 e. The van der Waals surface area contributed by atoms with Crippen LogP contribution in [0.2, 0.25) is 0 Å². The number of likely N-dealkylation sites (tertiary alicyclic amines) is 1. The lowest BCUT2D eigenvalue weighted by Crippen LogP contribution is -2.36. The molecule has 5 nitrogen and oxygen atoms in total. The van der Waals surface area contributed by atoms with Crippen LogP contribution in [0.15, 0.2) is 34.9 Å². The Balaban J connectivity index is 1.70. The normalized spacial score (nSPS) is 16.0. The van der Waals surface area contributed by atoms with Crippen LogP contribution >= 0.6 is 0 Å². The zero-order chi connectivity index (χ0) is 20.1. The van der Waals surface area contributed by atoms with Crippen molar-refractivity contribution < 1.29 is 9.21 Å². The van der Waals surface area contributed by atoms with E-state index in [1.165, 1.54) is 23.8 Å². The van der Waals surface area contributed by atoms with E-state index in [1.807, 2.05) is 4.90 Å². The van der Waals surface area contributed by atoms with E-state index in [1.54, 1.807) is 0 Å². The molecule has 0 N–H and O–H groups in total. The van der Waals surface area contributed by atoms with Gasteiger partial charge in [-0.2, -0.15) is 0 Å². The van der Waals surface area contributed by atoms with Crippen LogP contribution < -0.4 is 0 Å². The molecule has 1 amide bonds. The molecular formula is C23H33N3O2. The van der Waals surface area contributed by atoms with Crippen molar-refractivity contribution in [3.8, 4) is 0 Å². The molecule has 0 radical (unpaired) electrons. The maximum atomic E-state index is 12.7. The second kappa shape index (κ2) is 9.37. The van der Waals surface area contributed by atoms with Crippen molar-refractivity contribution in [3.05, 3.63) is 53.2 Å². The van der Waals surface area contributed by atoms with E-state index in [0.717, 1.165) is 32.5 Å². The van der Waals surface area contributed by atoms with Gasteiger partial charge in [-0.05, 0) is 44.6 Å². The molecule has 2 heterocycles. The van der Waals surface area contributed by atoms with Crippen molar-refractivity contribution in [2.45, 2.75) is 66.1 Å². The summed E-state index contributed by atoms with van der Waals surface area (Å²) in [6.07, 6.45) is 4.88. The fourth-order valence-corrected chi connectivity index (χ4v) is 3.61. The summed E-state index contributed by atoms with van der Waals surface area (Å²) in [7, 11) is 0. The number of hydrogen-bond donors (Lipinski definition) is 0. The van der Waals surface area contributed by atoms with Crippen LogP contribution in [0.3, 0.4) is 0 Å². The largest absolute Gasteiger partial charge is 0.447 e. The SMILES string of the molecule is Cc1ccc(CN(Cc2nc(C(=O)N3CCCCC3)co2)[C@H](C)C(C)C)cc1. The Morgan fingerprint density at radius 2 is 1.79 bits per heavy atom. The van der Waals surface area contributed by atoms with Crippen molar-refractivity contribution >= 4 is 5.91 Å². The third kappa shape index (κ3) is 5.22. The van der Waals surface area contributed by atoms with Gasteiger partial charge < -0.3 is 9.32 Å². The van der Waals surface area contributed by atoms with E-state index in [-0.39, 0.29) is 5.91 Å². The molecule has 1 aliphatic heterocycles. The Morgan fingerprint density at radius 1 is 1.11 bits per heavy atom. The van der Waals surface area contributed by atoms with Gasteiger partial charge in [0.1, 0.15) is 6.26 Å². The summed E-state index contributed by atoms with van der Waals surface area (Å²) in [4.78, 5) is 21.4. The fraction of sp³-hybridized carbons (Fsp3) is 0.565. The van der Waals surface area contributed by atoms with Crippen LogP contribution in [0.25, 0.3) is 0 Å². The molecule has 28 heavy (non-hydrogen) atoms.